The molecular weight excluding hydrogens is 310 g/mol. The smallest absolute Gasteiger partial charge is 0.247 e. The van der Waals surface area contributed by atoms with Crippen LogP contribution < -0.4 is 0 Å². The van der Waals surface area contributed by atoms with Crippen molar-refractivity contribution < 1.29 is 9.21 Å². The summed E-state index contributed by atoms with van der Waals surface area (Å²) in [5.41, 5.74) is 2.19. The fourth-order valence-corrected chi connectivity index (χ4v) is 2.92. The van der Waals surface area contributed by atoms with E-state index in [0.717, 1.165) is 11.1 Å². The number of likely N-dealkylation sites (N-methyl/N-ethyl adjacent to an activating group) is 1. The maximum atomic E-state index is 12.9. The molecule has 0 atom stereocenters. The van der Waals surface area contributed by atoms with Crippen molar-refractivity contribution in [2.45, 2.75) is 13.0 Å². The van der Waals surface area contributed by atoms with Crippen molar-refractivity contribution in [2.24, 2.45) is 0 Å². The lowest BCUT2D eigenvalue weighted by Gasteiger charge is -2.31. The summed E-state index contributed by atoms with van der Waals surface area (Å²) in [7, 11) is 0. The third-order valence-electron chi connectivity index (χ3n) is 4.10. The number of carbonyl (C=O) groups is 1. The zero-order valence-electron chi connectivity index (χ0n) is 14.2. The molecule has 2 aromatic carbocycles. The first-order valence-electron chi connectivity index (χ1n) is 8.41. The van der Waals surface area contributed by atoms with E-state index in [0.29, 0.717) is 12.3 Å². The molecule has 3 heteroatoms. The lowest BCUT2D eigenvalue weighted by atomic mass is 9.97. The van der Waals surface area contributed by atoms with Crippen LogP contribution in [-0.2, 0) is 4.79 Å². The van der Waals surface area contributed by atoms with Crippen molar-refractivity contribution in [3.05, 3.63) is 102 Å². The molecule has 3 aromatic rings. The van der Waals surface area contributed by atoms with E-state index in [2.05, 4.69) is 24.3 Å². The number of rotatable bonds is 6. The highest BCUT2D eigenvalue weighted by Gasteiger charge is 2.24. The van der Waals surface area contributed by atoms with Crippen LogP contribution in [0.4, 0.5) is 0 Å². The molecule has 0 aliphatic rings. The number of carbonyl (C=O) groups excluding carboxylic acids is 1. The highest BCUT2D eigenvalue weighted by atomic mass is 16.3. The third-order valence-corrected chi connectivity index (χ3v) is 4.10. The van der Waals surface area contributed by atoms with Crippen LogP contribution in [0.2, 0.25) is 0 Å². The average Bonchev–Trinajstić information content (AvgIpc) is 3.19. The van der Waals surface area contributed by atoms with E-state index >= 15 is 0 Å². The second-order valence-electron chi connectivity index (χ2n) is 5.70. The van der Waals surface area contributed by atoms with Gasteiger partial charge in [-0.15, -0.1) is 0 Å². The van der Waals surface area contributed by atoms with Crippen LogP contribution in [0.5, 0.6) is 0 Å². The lowest BCUT2D eigenvalue weighted by Crippen LogP contribution is -2.34. The number of hydrogen-bond acceptors (Lipinski definition) is 2. The van der Waals surface area contributed by atoms with Crippen molar-refractivity contribution in [2.75, 3.05) is 6.54 Å². The first kappa shape index (κ1) is 16.8. The molecule has 1 amide bonds. The first-order chi connectivity index (χ1) is 12.3. The van der Waals surface area contributed by atoms with Gasteiger partial charge in [-0.25, -0.2) is 0 Å². The van der Waals surface area contributed by atoms with Gasteiger partial charge in [0.15, 0.2) is 0 Å². The van der Waals surface area contributed by atoms with E-state index in [1.54, 1.807) is 24.5 Å². The Hall–Kier alpha value is -3.07. The minimum Gasteiger partial charge on any atom is -0.465 e. The quantitative estimate of drug-likeness (QED) is 0.600. The van der Waals surface area contributed by atoms with Gasteiger partial charge in [-0.1, -0.05) is 60.7 Å². The molecule has 0 saturated carbocycles. The van der Waals surface area contributed by atoms with Crippen LogP contribution in [0.3, 0.4) is 0 Å². The molecule has 126 valence electrons. The SMILES string of the molecule is CCN(C(=O)/C=C/c1ccco1)C(c1ccccc1)c1ccccc1. The summed E-state index contributed by atoms with van der Waals surface area (Å²) in [5, 5.41) is 0. The van der Waals surface area contributed by atoms with Gasteiger partial charge in [0.25, 0.3) is 0 Å². The second kappa shape index (κ2) is 8.15. The van der Waals surface area contributed by atoms with Gasteiger partial charge in [0, 0.05) is 12.6 Å². The van der Waals surface area contributed by atoms with Crippen LogP contribution in [0.1, 0.15) is 29.9 Å². The van der Waals surface area contributed by atoms with Crippen molar-refractivity contribution in [1.82, 2.24) is 4.90 Å². The number of nitrogens with zero attached hydrogens (tertiary/aromatic N) is 1. The van der Waals surface area contributed by atoms with E-state index in [1.807, 2.05) is 54.3 Å². The number of amides is 1. The van der Waals surface area contributed by atoms with Gasteiger partial charge in [-0.3, -0.25) is 4.79 Å². The molecule has 0 aliphatic carbocycles. The Balaban J connectivity index is 1.94. The molecule has 0 unspecified atom stereocenters. The van der Waals surface area contributed by atoms with Gasteiger partial charge >= 0.3 is 0 Å². The van der Waals surface area contributed by atoms with Gasteiger partial charge in [0.2, 0.25) is 5.91 Å². The minimum atomic E-state index is -0.124. The molecule has 1 aromatic heterocycles. The Bertz CT molecular complexity index is 768. The zero-order chi connectivity index (χ0) is 17.5. The summed E-state index contributed by atoms with van der Waals surface area (Å²) >= 11 is 0. The van der Waals surface area contributed by atoms with E-state index in [-0.39, 0.29) is 11.9 Å². The van der Waals surface area contributed by atoms with Crippen molar-refractivity contribution in [3.63, 3.8) is 0 Å². The molecule has 0 spiro atoms. The van der Waals surface area contributed by atoms with Gasteiger partial charge in [0.05, 0.1) is 12.3 Å². The van der Waals surface area contributed by atoms with Crippen LogP contribution in [0, 0.1) is 0 Å². The number of furan rings is 1. The summed E-state index contributed by atoms with van der Waals surface area (Å²) in [6.07, 6.45) is 4.87. The fraction of sp³-hybridized carbons (Fsp3) is 0.136. The minimum absolute atomic E-state index is 0.0448. The summed E-state index contributed by atoms with van der Waals surface area (Å²) < 4.78 is 5.27. The first-order valence-corrected chi connectivity index (χ1v) is 8.41. The highest BCUT2D eigenvalue weighted by molar-refractivity contribution is 5.92. The van der Waals surface area contributed by atoms with Crippen molar-refractivity contribution in [1.29, 1.82) is 0 Å². The van der Waals surface area contributed by atoms with E-state index in [1.165, 1.54) is 0 Å². The highest BCUT2D eigenvalue weighted by Crippen LogP contribution is 2.28. The van der Waals surface area contributed by atoms with Gasteiger partial charge < -0.3 is 9.32 Å². The predicted molar refractivity (Wildman–Crippen MR) is 99.9 cm³/mol. The van der Waals surface area contributed by atoms with Gasteiger partial charge in [-0.2, -0.15) is 0 Å². The largest absolute Gasteiger partial charge is 0.465 e. The molecular formula is C22H21NO2. The van der Waals surface area contributed by atoms with Crippen LogP contribution in [-0.4, -0.2) is 17.4 Å². The molecule has 3 nitrogen and oxygen atoms in total. The van der Waals surface area contributed by atoms with Crippen LogP contribution in [0.25, 0.3) is 6.08 Å². The standard InChI is InChI=1S/C22H21NO2/c1-2-23(21(24)16-15-20-14-9-17-25-20)22(18-10-5-3-6-11-18)19-12-7-4-8-13-19/h3-17,22H,2H2,1H3/b16-15+. The van der Waals surface area contributed by atoms with E-state index < -0.39 is 0 Å². The molecule has 0 fully saturated rings. The number of benzene rings is 2. The Morgan fingerprint density at radius 3 is 2.04 bits per heavy atom. The molecule has 0 radical (unpaired) electrons. The maximum Gasteiger partial charge on any atom is 0.247 e. The van der Waals surface area contributed by atoms with E-state index in [9.17, 15) is 4.79 Å². The summed E-state index contributed by atoms with van der Waals surface area (Å²) in [6, 6.07) is 23.7. The lowest BCUT2D eigenvalue weighted by molar-refractivity contribution is -0.127. The topological polar surface area (TPSA) is 33.5 Å². The summed E-state index contributed by atoms with van der Waals surface area (Å²) in [5.74, 6) is 0.622. The van der Waals surface area contributed by atoms with Crippen LogP contribution in [0.15, 0.2) is 89.6 Å². The van der Waals surface area contributed by atoms with E-state index in [4.69, 9.17) is 4.42 Å². The zero-order valence-corrected chi connectivity index (χ0v) is 14.2. The van der Waals surface area contributed by atoms with Crippen molar-refractivity contribution >= 4 is 12.0 Å². The molecule has 25 heavy (non-hydrogen) atoms. The molecule has 1 heterocycles. The Morgan fingerprint density at radius 2 is 1.56 bits per heavy atom. The molecule has 0 bridgehead atoms. The molecule has 0 aliphatic heterocycles. The summed E-state index contributed by atoms with van der Waals surface area (Å²) in [4.78, 5) is 14.7. The summed E-state index contributed by atoms with van der Waals surface area (Å²) in [6.45, 7) is 2.60. The van der Waals surface area contributed by atoms with Crippen molar-refractivity contribution in [3.8, 4) is 0 Å². The monoisotopic (exact) mass is 331 g/mol. The third kappa shape index (κ3) is 4.07. The van der Waals surface area contributed by atoms with Gasteiger partial charge in [0.1, 0.15) is 5.76 Å². The second-order valence-corrected chi connectivity index (χ2v) is 5.70. The average molecular weight is 331 g/mol. The fourth-order valence-electron chi connectivity index (χ4n) is 2.92. The normalized spacial score (nSPS) is 11.1. The number of hydrogen-bond donors (Lipinski definition) is 0. The maximum absolute atomic E-state index is 12.9. The Morgan fingerprint density at radius 1 is 0.960 bits per heavy atom. The Kier molecular flexibility index (Phi) is 5.47. The molecule has 3 rings (SSSR count). The molecule has 0 saturated heterocycles. The molecule has 0 N–H and O–H groups in total. The Labute approximate surface area is 148 Å². The van der Waals surface area contributed by atoms with Gasteiger partial charge in [-0.05, 0) is 36.3 Å². The predicted octanol–water partition coefficient (Wildman–Crippen LogP) is 4.93. The van der Waals surface area contributed by atoms with Crippen LogP contribution >= 0.6 is 0 Å².